The van der Waals surface area contributed by atoms with Gasteiger partial charge in [0.25, 0.3) is 0 Å². The summed E-state index contributed by atoms with van der Waals surface area (Å²) in [6.07, 6.45) is 1.91. The Morgan fingerprint density at radius 1 is 1.06 bits per heavy atom. The van der Waals surface area contributed by atoms with E-state index < -0.39 is 11.6 Å². The summed E-state index contributed by atoms with van der Waals surface area (Å²) in [5, 5.41) is 6.27. The summed E-state index contributed by atoms with van der Waals surface area (Å²) >= 11 is 0. The van der Waals surface area contributed by atoms with Crippen molar-refractivity contribution in [3.63, 3.8) is 0 Å². The second-order valence-corrected chi connectivity index (χ2v) is 9.81. The molecule has 3 aromatic rings. The van der Waals surface area contributed by atoms with Crippen LogP contribution in [0.2, 0.25) is 0 Å². The quantitative estimate of drug-likeness (QED) is 0.514. The molecule has 0 amide bonds. The van der Waals surface area contributed by atoms with Crippen LogP contribution in [0.3, 0.4) is 0 Å². The fraction of sp³-hybridized carbons (Fsp3) is 0.423. The van der Waals surface area contributed by atoms with Gasteiger partial charge in [0.1, 0.15) is 17.3 Å². The van der Waals surface area contributed by atoms with Crippen molar-refractivity contribution in [3.8, 4) is 11.3 Å². The van der Waals surface area contributed by atoms with E-state index in [2.05, 4.69) is 50.3 Å². The molecule has 0 spiro atoms. The molecule has 0 aliphatic carbocycles. The summed E-state index contributed by atoms with van der Waals surface area (Å²) in [4.78, 5) is 17.7. The molecule has 5 rings (SSSR count). The van der Waals surface area contributed by atoms with Gasteiger partial charge in [0, 0.05) is 42.9 Å². The van der Waals surface area contributed by atoms with Gasteiger partial charge in [-0.25, -0.2) is 23.7 Å². The molecular weight excluding hydrogens is 448 g/mol. The molecule has 0 radical (unpaired) electrons. The van der Waals surface area contributed by atoms with Gasteiger partial charge in [0.05, 0.1) is 23.7 Å². The van der Waals surface area contributed by atoms with Crippen LogP contribution < -0.4 is 15.5 Å². The smallest absolute Gasteiger partial charge is 0.229 e. The van der Waals surface area contributed by atoms with Crippen LogP contribution in [0, 0.1) is 11.6 Å². The first-order valence-electron chi connectivity index (χ1n) is 12.1. The third-order valence-corrected chi connectivity index (χ3v) is 6.74. The summed E-state index contributed by atoms with van der Waals surface area (Å²) in [6, 6.07) is 7.68. The highest BCUT2D eigenvalue weighted by atomic mass is 19.1. The van der Waals surface area contributed by atoms with Crippen LogP contribution >= 0.6 is 0 Å². The van der Waals surface area contributed by atoms with Gasteiger partial charge in [-0.2, -0.15) is 0 Å². The van der Waals surface area contributed by atoms with Crippen molar-refractivity contribution in [1.29, 1.82) is 0 Å². The molecule has 1 aromatic carbocycles. The number of nitrogens with zero attached hydrogens (tertiary/aromatic N) is 5. The van der Waals surface area contributed by atoms with Gasteiger partial charge in [0.2, 0.25) is 5.95 Å². The number of aromatic nitrogens is 3. The highest BCUT2D eigenvalue weighted by Crippen LogP contribution is 2.41. The van der Waals surface area contributed by atoms with Crippen molar-refractivity contribution in [2.24, 2.45) is 0 Å². The first kappa shape index (κ1) is 23.4. The molecule has 0 fully saturated rings. The van der Waals surface area contributed by atoms with Gasteiger partial charge >= 0.3 is 0 Å². The first-order valence-corrected chi connectivity index (χ1v) is 12.1. The summed E-state index contributed by atoms with van der Waals surface area (Å²) < 4.78 is 29.8. The van der Waals surface area contributed by atoms with Gasteiger partial charge in [-0.15, -0.1) is 0 Å². The summed E-state index contributed by atoms with van der Waals surface area (Å²) in [7, 11) is 0. The van der Waals surface area contributed by atoms with Gasteiger partial charge < -0.3 is 15.5 Å². The molecule has 184 valence electrons. The van der Waals surface area contributed by atoms with E-state index in [1.54, 1.807) is 6.07 Å². The zero-order valence-corrected chi connectivity index (χ0v) is 20.7. The van der Waals surface area contributed by atoms with E-state index in [1.165, 1.54) is 11.6 Å². The summed E-state index contributed by atoms with van der Waals surface area (Å²) in [6.45, 7) is 12.3. The summed E-state index contributed by atoms with van der Waals surface area (Å²) in [5.41, 5.74) is 3.78. The van der Waals surface area contributed by atoms with Gasteiger partial charge in [-0.3, -0.25) is 4.90 Å². The molecule has 7 nitrogen and oxygen atoms in total. The van der Waals surface area contributed by atoms with Crippen molar-refractivity contribution in [1.82, 2.24) is 19.9 Å². The fourth-order valence-electron chi connectivity index (χ4n) is 4.98. The lowest BCUT2D eigenvalue weighted by Crippen LogP contribution is -2.38. The lowest BCUT2D eigenvalue weighted by atomic mass is 10.0. The van der Waals surface area contributed by atoms with Crippen LogP contribution in [-0.2, 0) is 13.0 Å². The Hall–Kier alpha value is -3.33. The second-order valence-electron chi connectivity index (χ2n) is 9.81. The zero-order valence-electron chi connectivity index (χ0n) is 20.7. The van der Waals surface area contributed by atoms with Crippen molar-refractivity contribution >= 4 is 23.1 Å². The number of benzene rings is 1. The Morgan fingerprint density at radius 3 is 2.60 bits per heavy atom. The number of pyridine rings is 1. The molecule has 4 heterocycles. The second kappa shape index (κ2) is 9.03. The Bertz CT molecular complexity index is 1260. The van der Waals surface area contributed by atoms with Gasteiger partial charge in [0.15, 0.2) is 5.82 Å². The van der Waals surface area contributed by atoms with E-state index in [9.17, 15) is 8.78 Å². The third-order valence-electron chi connectivity index (χ3n) is 6.74. The Kier molecular flexibility index (Phi) is 6.04. The predicted molar refractivity (Wildman–Crippen MR) is 135 cm³/mol. The highest BCUT2D eigenvalue weighted by molar-refractivity contribution is 5.82. The number of hydrogen-bond acceptors (Lipinski definition) is 7. The lowest BCUT2D eigenvalue weighted by Gasteiger charge is -2.31. The topological polar surface area (TPSA) is 69.2 Å². The molecule has 1 atom stereocenters. The van der Waals surface area contributed by atoms with Crippen molar-refractivity contribution in [2.75, 3.05) is 22.1 Å². The van der Waals surface area contributed by atoms with Crippen LogP contribution in [0.25, 0.3) is 11.3 Å². The van der Waals surface area contributed by atoms with Crippen LogP contribution in [0.1, 0.15) is 45.9 Å². The molecule has 35 heavy (non-hydrogen) atoms. The van der Waals surface area contributed by atoms with E-state index >= 15 is 0 Å². The fourth-order valence-corrected chi connectivity index (χ4v) is 4.98. The zero-order chi connectivity index (χ0) is 24.9. The van der Waals surface area contributed by atoms with Crippen LogP contribution in [0.5, 0.6) is 0 Å². The van der Waals surface area contributed by atoms with Crippen LogP contribution in [0.4, 0.5) is 31.9 Å². The predicted octanol–water partition coefficient (Wildman–Crippen LogP) is 5.31. The molecule has 2 N–H and O–H groups in total. The average Bonchev–Trinajstić information content (AvgIpc) is 3.16. The monoisotopic (exact) mass is 479 g/mol. The van der Waals surface area contributed by atoms with Gasteiger partial charge in [-0.1, -0.05) is 6.07 Å². The van der Waals surface area contributed by atoms with Crippen LogP contribution in [-0.4, -0.2) is 44.6 Å². The number of nitrogens with one attached hydrogen (secondary N) is 2. The van der Waals surface area contributed by atoms with E-state index in [4.69, 9.17) is 4.98 Å². The Labute approximate surface area is 204 Å². The van der Waals surface area contributed by atoms with E-state index in [0.29, 0.717) is 28.8 Å². The molecule has 9 heteroatoms. The van der Waals surface area contributed by atoms with Gasteiger partial charge in [-0.05, 0) is 58.4 Å². The number of hydrogen-bond donors (Lipinski definition) is 2. The normalized spacial score (nSPS) is 17.5. The number of rotatable bonds is 5. The SMILES string of the molecule is CC(C)N1CCc2nc(Nc3ncc(F)c(-c4cc(F)c5c(c4)N(C(C)C)C(C)N5)n3)ccc2C1. The molecule has 0 saturated heterocycles. The third kappa shape index (κ3) is 4.40. The average molecular weight is 480 g/mol. The molecule has 2 aliphatic heterocycles. The van der Waals surface area contributed by atoms with Crippen molar-refractivity contribution in [3.05, 3.63) is 53.4 Å². The molecule has 1 unspecified atom stereocenters. The van der Waals surface area contributed by atoms with Crippen molar-refractivity contribution < 1.29 is 8.78 Å². The molecular formula is C26H31F2N7. The Balaban J connectivity index is 1.44. The number of anilines is 4. The number of halogens is 2. The van der Waals surface area contributed by atoms with E-state index in [-0.39, 0.29) is 23.8 Å². The highest BCUT2D eigenvalue weighted by Gasteiger charge is 2.31. The molecule has 0 bridgehead atoms. The molecule has 2 aromatic heterocycles. The maximum Gasteiger partial charge on any atom is 0.229 e. The minimum absolute atomic E-state index is 0.0398. The first-order chi connectivity index (χ1) is 16.7. The maximum absolute atomic E-state index is 15.0. The standard InChI is InChI=1S/C26H31F2N7/c1-14(2)34-9-8-21-17(13-34)6-7-23(31-21)32-26-29-12-20(28)24(33-26)18-10-19(27)25-22(11-18)35(15(3)4)16(5)30-25/h6-7,10-12,14-16,30H,8-9,13H2,1-5H3,(H,29,31,32,33). The minimum Gasteiger partial charge on any atom is -0.361 e. The van der Waals surface area contributed by atoms with E-state index in [0.717, 1.165) is 31.4 Å². The minimum atomic E-state index is -0.614. The van der Waals surface area contributed by atoms with E-state index in [1.807, 2.05) is 26.8 Å². The molecule has 2 aliphatic rings. The largest absolute Gasteiger partial charge is 0.361 e. The summed E-state index contributed by atoms with van der Waals surface area (Å²) in [5.74, 6) is -0.242. The molecule has 0 saturated carbocycles. The maximum atomic E-state index is 15.0. The van der Waals surface area contributed by atoms with Crippen molar-refractivity contribution in [2.45, 2.75) is 65.8 Å². The number of fused-ring (bicyclic) bond motifs is 2. The lowest BCUT2D eigenvalue weighted by molar-refractivity contribution is 0.202. The van der Waals surface area contributed by atoms with Crippen LogP contribution in [0.15, 0.2) is 30.5 Å². The Morgan fingerprint density at radius 2 is 1.86 bits per heavy atom.